The van der Waals surface area contributed by atoms with Crippen LogP contribution in [0.25, 0.3) is 10.1 Å². The molecular weight excluding hydrogens is 290 g/mol. The molecule has 0 fully saturated rings. The van der Waals surface area contributed by atoms with Crippen LogP contribution in [0, 0.1) is 0 Å². The van der Waals surface area contributed by atoms with E-state index in [0.29, 0.717) is 0 Å². The minimum Gasteiger partial charge on any atom is -0.144 e. The van der Waals surface area contributed by atoms with E-state index in [0.717, 1.165) is 0 Å². The van der Waals surface area contributed by atoms with Crippen molar-refractivity contribution in [3.8, 4) is 0 Å². The molecule has 0 saturated heterocycles. The van der Waals surface area contributed by atoms with E-state index < -0.39 is 20.8 Å². The second-order valence-corrected chi connectivity index (χ2v) is 6.71. The summed E-state index contributed by atoms with van der Waals surface area (Å²) in [4.78, 5) is 0. The Bertz CT molecular complexity index is 304. The van der Waals surface area contributed by atoms with E-state index in [-0.39, 0.29) is 0 Å². The molecule has 0 unspecified atom stereocenters. The van der Waals surface area contributed by atoms with Gasteiger partial charge in [-0.2, -0.15) is 0 Å². The van der Waals surface area contributed by atoms with Gasteiger partial charge in [-0.25, -0.2) is 0 Å². The van der Waals surface area contributed by atoms with Crippen molar-refractivity contribution in [2.24, 2.45) is 0 Å². The van der Waals surface area contributed by atoms with Gasteiger partial charge >= 0.3 is 37.9 Å². The Balaban J connectivity index is 0.000000213. The van der Waals surface area contributed by atoms with Gasteiger partial charge in [-0.15, -0.1) is 11.3 Å². The van der Waals surface area contributed by atoms with E-state index in [1.807, 2.05) is 0 Å². The summed E-state index contributed by atoms with van der Waals surface area (Å²) in [6, 6.07) is 10.5. The van der Waals surface area contributed by atoms with Gasteiger partial charge in [0.1, 0.15) is 0 Å². The molecule has 0 nitrogen and oxygen atoms in total. The summed E-state index contributed by atoms with van der Waals surface area (Å²) < 4.78 is 1.37. The van der Waals surface area contributed by atoms with Gasteiger partial charge in [0, 0.05) is 4.70 Å². The number of hydrogen-bond acceptors (Lipinski definition) is 1. The first-order chi connectivity index (χ1) is 5.88. The maximum Gasteiger partial charge on any atom is 0.0342 e. The smallest absolute Gasteiger partial charge is 0.0342 e. The van der Waals surface area contributed by atoms with Gasteiger partial charge in [0.15, 0.2) is 0 Å². The summed E-state index contributed by atoms with van der Waals surface area (Å²) in [5.74, 6) is 0. The molecule has 0 aliphatic carbocycles. The first kappa shape index (κ1) is 10.7. The van der Waals surface area contributed by atoms with Gasteiger partial charge in [-0.3, -0.25) is 0 Å². The molecule has 0 atom stereocenters. The molecule has 0 saturated carbocycles. The minimum atomic E-state index is -0.826. The Morgan fingerprint density at radius 2 is 1.75 bits per heavy atom. The standard InChI is InChI=1S/C8H6S.2ClH.Zr/c1-2-4-8-7(3-1)5-6-9-8;;;/h1-6H;2*1H;/q;;;+2/p-2. The van der Waals surface area contributed by atoms with Crippen molar-refractivity contribution in [3.05, 3.63) is 35.7 Å². The molecule has 0 aliphatic heterocycles. The maximum atomic E-state index is 4.93. The zero-order valence-electron chi connectivity index (χ0n) is 6.13. The van der Waals surface area contributed by atoms with Gasteiger partial charge in [-0.05, 0) is 22.9 Å². The van der Waals surface area contributed by atoms with Crippen LogP contribution in [0.5, 0.6) is 0 Å². The Morgan fingerprint density at radius 1 is 1.08 bits per heavy atom. The van der Waals surface area contributed by atoms with Crippen LogP contribution >= 0.6 is 28.4 Å². The minimum absolute atomic E-state index is 0.826. The van der Waals surface area contributed by atoms with Gasteiger partial charge in [0.2, 0.25) is 0 Å². The van der Waals surface area contributed by atoms with Crippen LogP contribution in [-0.2, 0) is 20.8 Å². The molecule has 0 bridgehead atoms. The monoisotopic (exact) mass is 294 g/mol. The molecule has 1 aromatic heterocycles. The molecule has 0 N–H and O–H groups in total. The zero-order valence-corrected chi connectivity index (χ0v) is 10.9. The van der Waals surface area contributed by atoms with Crippen molar-refractivity contribution in [3.63, 3.8) is 0 Å². The maximum absolute atomic E-state index is 4.93. The van der Waals surface area contributed by atoms with Gasteiger partial charge in [0.25, 0.3) is 0 Å². The van der Waals surface area contributed by atoms with Crippen LogP contribution in [0.1, 0.15) is 0 Å². The van der Waals surface area contributed by atoms with Crippen molar-refractivity contribution in [2.45, 2.75) is 0 Å². The van der Waals surface area contributed by atoms with E-state index in [9.17, 15) is 0 Å². The molecule has 2 aromatic rings. The third-order valence-corrected chi connectivity index (χ3v) is 2.26. The molecule has 4 heteroatoms. The molecule has 1 aromatic carbocycles. The fourth-order valence-corrected chi connectivity index (χ4v) is 1.70. The van der Waals surface area contributed by atoms with Crippen molar-refractivity contribution in [2.75, 3.05) is 0 Å². The summed E-state index contributed by atoms with van der Waals surface area (Å²) in [6.45, 7) is 0. The van der Waals surface area contributed by atoms with E-state index >= 15 is 0 Å². The van der Waals surface area contributed by atoms with E-state index in [1.54, 1.807) is 11.3 Å². The molecule has 0 amide bonds. The van der Waals surface area contributed by atoms with Gasteiger partial charge in [-0.1, -0.05) is 18.2 Å². The Kier molecular flexibility index (Phi) is 5.50. The average molecular weight is 296 g/mol. The number of hydrogen-bond donors (Lipinski definition) is 0. The van der Waals surface area contributed by atoms with Crippen molar-refractivity contribution >= 4 is 38.4 Å². The summed E-state index contributed by atoms with van der Waals surface area (Å²) in [7, 11) is 9.87. The fourth-order valence-electron chi connectivity index (χ4n) is 0.906. The van der Waals surface area contributed by atoms with Crippen LogP contribution < -0.4 is 0 Å². The first-order valence-corrected chi connectivity index (χ1v) is 10.5. The topological polar surface area (TPSA) is 0 Å². The number of benzene rings is 1. The number of fused-ring (bicyclic) bond motifs is 1. The van der Waals surface area contributed by atoms with E-state index in [1.165, 1.54) is 10.1 Å². The SMILES string of the molecule is [Cl][Zr][Cl].c1ccc2sccc2c1. The third-order valence-electron chi connectivity index (χ3n) is 1.36. The largest absolute Gasteiger partial charge is 0.144 e. The van der Waals surface area contributed by atoms with Crippen molar-refractivity contribution < 1.29 is 20.8 Å². The van der Waals surface area contributed by atoms with Crippen LogP contribution in [0.15, 0.2) is 35.7 Å². The third kappa shape index (κ3) is 3.18. The van der Waals surface area contributed by atoms with E-state index in [4.69, 9.17) is 17.0 Å². The number of thiophene rings is 1. The summed E-state index contributed by atoms with van der Waals surface area (Å²) in [5, 5.41) is 3.47. The first-order valence-electron chi connectivity index (χ1n) is 3.27. The van der Waals surface area contributed by atoms with Crippen LogP contribution in [-0.4, -0.2) is 0 Å². The molecule has 62 valence electrons. The van der Waals surface area contributed by atoms with Crippen molar-refractivity contribution in [1.82, 2.24) is 0 Å². The molecule has 0 radical (unpaired) electrons. The molecule has 0 aliphatic rings. The number of rotatable bonds is 0. The Morgan fingerprint density at radius 3 is 2.42 bits per heavy atom. The number of halogens is 2. The van der Waals surface area contributed by atoms with Crippen molar-refractivity contribution in [1.29, 1.82) is 0 Å². The van der Waals surface area contributed by atoms with Crippen LogP contribution in [0.4, 0.5) is 0 Å². The van der Waals surface area contributed by atoms with Crippen LogP contribution in [0.3, 0.4) is 0 Å². The van der Waals surface area contributed by atoms with Gasteiger partial charge < -0.3 is 0 Å². The normalized spacial score (nSPS) is 8.83. The molecule has 0 spiro atoms. The second-order valence-electron chi connectivity index (χ2n) is 2.03. The van der Waals surface area contributed by atoms with Gasteiger partial charge in [0.05, 0.1) is 0 Å². The van der Waals surface area contributed by atoms with E-state index in [2.05, 4.69) is 35.7 Å². The predicted molar refractivity (Wildman–Crippen MR) is 53.5 cm³/mol. The fraction of sp³-hybridized carbons (Fsp3) is 0. The Labute approximate surface area is 94.2 Å². The van der Waals surface area contributed by atoms with Crippen LogP contribution in [0.2, 0.25) is 0 Å². The summed E-state index contributed by atoms with van der Waals surface area (Å²) >= 11 is 0.962. The summed E-state index contributed by atoms with van der Waals surface area (Å²) in [5.41, 5.74) is 0. The predicted octanol–water partition coefficient (Wildman–Crippen LogP) is 4.28. The molecular formula is C8H6Cl2SZr. The molecule has 12 heavy (non-hydrogen) atoms. The molecule has 2 rings (SSSR count). The Hall–Kier alpha value is 0.643. The quantitative estimate of drug-likeness (QED) is 0.681. The zero-order chi connectivity index (χ0) is 8.81. The average Bonchev–Trinajstić information content (AvgIpc) is 2.52. The second kappa shape index (κ2) is 6.15. The molecule has 1 heterocycles. The summed E-state index contributed by atoms with van der Waals surface area (Å²) in [6.07, 6.45) is 0.